The molecule has 3 heterocycles. The number of piperazine rings is 1. The van der Waals surface area contributed by atoms with Crippen molar-refractivity contribution in [2.24, 2.45) is 4.99 Å². The summed E-state index contributed by atoms with van der Waals surface area (Å²) in [5, 5.41) is 22.9. The summed E-state index contributed by atoms with van der Waals surface area (Å²) in [4.78, 5) is 16.8. The molecule has 0 spiro atoms. The van der Waals surface area contributed by atoms with E-state index in [1.54, 1.807) is 37.0 Å². The Kier molecular flexibility index (Phi) is 11.1. The van der Waals surface area contributed by atoms with Gasteiger partial charge in [-0.25, -0.2) is 14.4 Å². The fourth-order valence-corrected chi connectivity index (χ4v) is 5.91. The molecule has 1 saturated heterocycles. The molecule has 8 nitrogen and oxygen atoms in total. The number of nitrogens with one attached hydrogen (secondary N) is 3. The van der Waals surface area contributed by atoms with Gasteiger partial charge in [0.05, 0.1) is 27.8 Å². The quantitative estimate of drug-likeness (QED) is 0.122. The van der Waals surface area contributed by atoms with E-state index >= 15 is 0 Å². The monoisotopic (exact) mass is 589 g/mol. The second-order valence-electron chi connectivity index (χ2n) is 9.02. The van der Waals surface area contributed by atoms with Crippen LogP contribution >= 0.6 is 34.7 Å². The lowest BCUT2D eigenvalue weighted by Gasteiger charge is -2.26. The fourth-order valence-electron chi connectivity index (χ4n) is 3.98. The van der Waals surface area contributed by atoms with E-state index in [4.69, 9.17) is 16.6 Å². The minimum atomic E-state index is -0.628. The molecule has 1 fully saturated rings. The Morgan fingerprint density at radius 3 is 2.85 bits per heavy atom. The van der Waals surface area contributed by atoms with Gasteiger partial charge < -0.3 is 26.0 Å². The Morgan fingerprint density at radius 1 is 1.33 bits per heavy atom. The topological polar surface area (TPSA) is 97.7 Å². The summed E-state index contributed by atoms with van der Waals surface area (Å²) in [6, 6.07) is 8.37. The van der Waals surface area contributed by atoms with Crippen molar-refractivity contribution in [2.45, 2.75) is 26.0 Å². The lowest BCUT2D eigenvalue weighted by molar-refractivity contribution is 0.198. The Labute approximate surface area is 241 Å². The van der Waals surface area contributed by atoms with Crippen LogP contribution in [0.15, 0.2) is 46.9 Å². The highest BCUT2D eigenvalue weighted by Gasteiger charge is 2.19. The predicted octanol–water partition coefficient (Wildman–Crippen LogP) is 5.25. The Hall–Kier alpha value is -2.54. The number of aliphatic imine (C=N–C) groups is 1. The lowest BCUT2D eigenvalue weighted by Crippen LogP contribution is -2.44. The number of aliphatic hydroxyl groups is 1. The van der Waals surface area contributed by atoms with Crippen molar-refractivity contribution in [3.63, 3.8) is 0 Å². The average molecular weight is 590 g/mol. The molecule has 1 aliphatic rings. The van der Waals surface area contributed by atoms with Crippen LogP contribution in [0, 0.1) is 5.82 Å². The van der Waals surface area contributed by atoms with Gasteiger partial charge in [-0.3, -0.25) is 4.99 Å². The molecule has 1 aliphatic heterocycles. The number of hydrogen-bond donors (Lipinski definition) is 4. The molecular formula is C27H33ClFN7OS2. The maximum Gasteiger partial charge on any atom is 0.147 e. The average Bonchev–Trinajstić information content (AvgIpc) is 3.37. The van der Waals surface area contributed by atoms with Gasteiger partial charge in [-0.2, -0.15) is 0 Å². The molecule has 0 bridgehead atoms. The minimum absolute atomic E-state index is 0.363. The van der Waals surface area contributed by atoms with Gasteiger partial charge in [0, 0.05) is 56.9 Å². The Morgan fingerprint density at radius 2 is 2.15 bits per heavy atom. The first kappa shape index (κ1) is 29.4. The van der Waals surface area contributed by atoms with Crippen LogP contribution in [-0.2, 0) is 13.0 Å². The normalized spacial score (nSPS) is 15.2. The maximum atomic E-state index is 13.9. The number of aliphatic hydroxyl groups excluding tert-OH is 1. The molecule has 39 heavy (non-hydrogen) atoms. The molecule has 1 aromatic carbocycles. The fraction of sp³-hybridized carbons (Fsp3) is 0.370. The number of aromatic nitrogens is 2. The van der Waals surface area contributed by atoms with Crippen LogP contribution in [0.25, 0.3) is 5.70 Å². The van der Waals surface area contributed by atoms with Gasteiger partial charge in [0.1, 0.15) is 22.7 Å². The first-order valence-electron chi connectivity index (χ1n) is 12.7. The van der Waals surface area contributed by atoms with Crippen LogP contribution < -0.4 is 16.0 Å². The third kappa shape index (κ3) is 8.72. The van der Waals surface area contributed by atoms with E-state index in [1.807, 2.05) is 17.5 Å². The number of rotatable bonds is 13. The smallest absolute Gasteiger partial charge is 0.147 e. The molecule has 0 saturated carbocycles. The summed E-state index contributed by atoms with van der Waals surface area (Å²) < 4.78 is 13.9. The highest BCUT2D eigenvalue weighted by atomic mass is 35.5. The van der Waals surface area contributed by atoms with E-state index in [0.717, 1.165) is 66.8 Å². The third-order valence-electron chi connectivity index (χ3n) is 6.12. The van der Waals surface area contributed by atoms with E-state index in [2.05, 4.69) is 37.5 Å². The number of thiazole rings is 1. The van der Waals surface area contributed by atoms with Crippen molar-refractivity contribution in [3.05, 3.63) is 73.9 Å². The van der Waals surface area contributed by atoms with Gasteiger partial charge in [0.2, 0.25) is 0 Å². The zero-order valence-corrected chi connectivity index (χ0v) is 24.2. The van der Waals surface area contributed by atoms with Gasteiger partial charge in [-0.1, -0.05) is 17.7 Å². The molecule has 0 radical (unpaired) electrons. The summed E-state index contributed by atoms with van der Waals surface area (Å²) in [5.74, 6) is 0.924. The molecule has 4 rings (SSSR count). The van der Waals surface area contributed by atoms with Gasteiger partial charge in [0.25, 0.3) is 0 Å². The molecule has 12 heteroatoms. The Bertz CT molecular complexity index is 1260. The SMILES string of the molecule is C=N/C(=C\SCNc1ccc(CNc2ccc(Cl)cc2F)cn1)c1sc(C(C)O)nc1CCN1CCNCC1. The maximum absolute atomic E-state index is 13.9. The number of anilines is 2. The van der Waals surface area contributed by atoms with Crippen molar-refractivity contribution < 1.29 is 9.50 Å². The number of halogens is 2. The molecule has 3 aromatic rings. The molecule has 208 valence electrons. The van der Waals surface area contributed by atoms with Gasteiger partial charge in [0.15, 0.2) is 0 Å². The number of hydrogen-bond acceptors (Lipinski definition) is 10. The summed E-state index contributed by atoms with van der Waals surface area (Å²) >= 11 is 8.83. The highest BCUT2D eigenvalue weighted by Crippen LogP contribution is 2.32. The zero-order chi connectivity index (χ0) is 27.6. The summed E-state index contributed by atoms with van der Waals surface area (Å²) in [5.41, 5.74) is 3.02. The number of pyridine rings is 1. The van der Waals surface area contributed by atoms with Gasteiger partial charge in [-0.05, 0) is 48.9 Å². The van der Waals surface area contributed by atoms with Gasteiger partial charge >= 0.3 is 0 Å². The number of nitrogens with zero attached hydrogens (tertiary/aromatic N) is 4. The number of benzene rings is 1. The van der Waals surface area contributed by atoms with Crippen LogP contribution in [0.1, 0.15) is 34.2 Å². The standard InChI is InChI=1S/C27H33ClFN7OS2/c1-18(37)27-35-23(7-10-36-11-8-31-9-12-36)26(39-27)24(30-2)16-38-17-34-25-6-3-19(15-33-25)14-32-22-5-4-20(28)13-21(22)29/h3-6,13,15-16,18,31-32,37H,2,7-12,14,17H2,1H3,(H,33,34)/b24-16-. The highest BCUT2D eigenvalue weighted by molar-refractivity contribution is 8.02. The molecule has 4 N–H and O–H groups in total. The summed E-state index contributed by atoms with van der Waals surface area (Å²) in [7, 11) is 0. The first-order valence-corrected chi connectivity index (χ1v) is 14.9. The molecule has 2 aromatic heterocycles. The predicted molar refractivity (Wildman–Crippen MR) is 162 cm³/mol. The number of thioether (sulfide) groups is 1. The zero-order valence-electron chi connectivity index (χ0n) is 21.8. The minimum Gasteiger partial charge on any atom is -0.386 e. The second kappa shape index (κ2) is 14.7. The van der Waals surface area contributed by atoms with E-state index in [0.29, 0.717) is 28.1 Å². The summed E-state index contributed by atoms with van der Waals surface area (Å²) in [6.07, 6.45) is 1.92. The van der Waals surface area contributed by atoms with Crippen LogP contribution in [0.5, 0.6) is 0 Å². The van der Waals surface area contributed by atoms with E-state index in [9.17, 15) is 9.50 Å². The lowest BCUT2D eigenvalue weighted by atomic mass is 10.2. The van der Waals surface area contributed by atoms with E-state index in [1.165, 1.54) is 17.4 Å². The van der Waals surface area contributed by atoms with Crippen molar-refractivity contribution in [1.82, 2.24) is 20.2 Å². The summed E-state index contributed by atoms with van der Waals surface area (Å²) in [6.45, 7) is 10.9. The first-order chi connectivity index (χ1) is 18.9. The van der Waals surface area contributed by atoms with Crippen LogP contribution in [0.3, 0.4) is 0 Å². The third-order valence-corrected chi connectivity index (χ3v) is 8.35. The molecule has 1 atom stereocenters. The van der Waals surface area contributed by atoms with E-state index < -0.39 is 6.10 Å². The largest absolute Gasteiger partial charge is 0.386 e. The van der Waals surface area contributed by atoms with Gasteiger partial charge in [-0.15, -0.1) is 23.1 Å². The van der Waals surface area contributed by atoms with Crippen LogP contribution in [0.2, 0.25) is 5.02 Å². The Balaban J connectivity index is 1.30. The molecule has 0 amide bonds. The van der Waals surface area contributed by atoms with Crippen molar-refractivity contribution in [3.8, 4) is 0 Å². The molecule has 1 unspecified atom stereocenters. The molecular weight excluding hydrogens is 557 g/mol. The van der Waals surface area contributed by atoms with Crippen molar-refractivity contribution in [1.29, 1.82) is 0 Å². The van der Waals surface area contributed by atoms with Crippen LogP contribution in [-0.4, -0.2) is 65.3 Å². The van der Waals surface area contributed by atoms with Crippen molar-refractivity contribution >= 4 is 58.6 Å². The molecule has 0 aliphatic carbocycles. The van der Waals surface area contributed by atoms with E-state index in [-0.39, 0.29) is 5.82 Å². The van der Waals surface area contributed by atoms with Crippen LogP contribution in [0.4, 0.5) is 15.9 Å². The van der Waals surface area contributed by atoms with Crippen molar-refractivity contribution in [2.75, 3.05) is 49.2 Å². The second-order valence-corrected chi connectivity index (χ2v) is 11.3.